The maximum atomic E-state index is 13.0. The van der Waals surface area contributed by atoms with Crippen molar-refractivity contribution in [2.75, 3.05) is 5.73 Å². The molecule has 0 atom stereocenters. The molecule has 3 N–H and O–H groups in total. The first-order chi connectivity index (χ1) is 11.2. The van der Waals surface area contributed by atoms with E-state index in [9.17, 15) is 4.39 Å². The van der Waals surface area contributed by atoms with Gasteiger partial charge in [-0.1, -0.05) is 24.3 Å². The Hall–Kier alpha value is -2.73. The minimum atomic E-state index is -0.246. The van der Waals surface area contributed by atoms with E-state index in [1.165, 1.54) is 12.1 Å². The molecule has 4 rings (SSSR count). The van der Waals surface area contributed by atoms with Crippen molar-refractivity contribution in [2.24, 2.45) is 0 Å². The molecule has 0 bridgehead atoms. The molecule has 0 aliphatic rings. The van der Waals surface area contributed by atoms with Crippen molar-refractivity contribution in [2.45, 2.75) is 6.42 Å². The summed E-state index contributed by atoms with van der Waals surface area (Å²) in [6, 6.07) is 14.4. The Labute approximate surface area is 135 Å². The van der Waals surface area contributed by atoms with Gasteiger partial charge in [-0.15, -0.1) is 11.3 Å². The van der Waals surface area contributed by atoms with E-state index in [0.29, 0.717) is 12.2 Å². The van der Waals surface area contributed by atoms with Crippen LogP contribution in [0.15, 0.2) is 48.5 Å². The average Bonchev–Trinajstić information content (AvgIpc) is 3.12. The predicted molar refractivity (Wildman–Crippen MR) is 90.8 cm³/mol. The van der Waals surface area contributed by atoms with Gasteiger partial charge in [-0.25, -0.2) is 9.37 Å². The molecule has 0 saturated carbocycles. The van der Waals surface area contributed by atoms with Gasteiger partial charge in [0.25, 0.3) is 0 Å². The fourth-order valence-corrected chi connectivity index (χ4v) is 3.59. The minimum absolute atomic E-state index is 0.246. The molecule has 0 aliphatic carbocycles. The number of thiazole rings is 1. The molecule has 2 aromatic carbocycles. The summed E-state index contributed by atoms with van der Waals surface area (Å²) in [6.07, 6.45) is 0.593. The van der Waals surface area contributed by atoms with Gasteiger partial charge in [-0.2, -0.15) is 5.10 Å². The number of aromatic nitrogens is 3. The van der Waals surface area contributed by atoms with E-state index in [1.54, 1.807) is 23.5 Å². The third kappa shape index (κ3) is 2.57. The van der Waals surface area contributed by atoms with Gasteiger partial charge in [0, 0.05) is 6.42 Å². The second-order valence-electron chi connectivity index (χ2n) is 5.25. The molecule has 0 amide bonds. The van der Waals surface area contributed by atoms with Gasteiger partial charge >= 0.3 is 0 Å². The van der Waals surface area contributed by atoms with Crippen LogP contribution in [0.2, 0.25) is 0 Å². The number of fused-ring (bicyclic) bond motifs is 1. The van der Waals surface area contributed by atoms with Gasteiger partial charge in [-0.05, 0) is 29.8 Å². The zero-order valence-electron chi connectivity index (χ0n) is 12.1. The molecule has 4 aromatic rings. The zero-order valence-corrected chi connectivity index (χ0v) is 12.9. The summed E-state index contributed by atoms with van der Waals surface area (Å²) in [5, 5.41) is 7.94. The van der Waals surface area contributed by atoms with Gasteiger partial charge in [-0.3, -0.25) is 5.10 Å². The Morgan fingerprint density at radius 2 is 1.87 bits per heavy atom. The molecule has 4 nitrogen and oxygen atoms in total. The van der Waals surface area contributed by atoms with E-state index in [2.05, 4.69) is 15.2 Å². The molecule has 0 radical (unpaired) electrons. The monoisotopic (exact) mass is 324 g/mol. The van der Waals surface area contributed by atoms with Crippen LogP contribution in [-0.4, -0.2) is 15.2 Å². The first kappa shape index (κ1) is 13.9. The van der Waals surface area contributed by atoms with E-state index in [4.69, 9.17) is 5.73 Å². The number of hydrogen-bond donors (Lipinski definition) is 2. The number of H-pyrrole nitrogens is 1. The van der Waals surface area contributed by atoms with E-state index in [-0.39, 0.29) is 5.82 Å². The first-order valence-electron chi connectivity index (χ1n) is 7.14. The van der Waals surface area contributed by atoms with Crippen molar-refractivity contribution < 1.29 is 4.39 Å². The van der Waals surface area contributed by atoms with Gasteiger partial charge in [0.1, 0.15) is 10.8 Å². The van der Waals surface area contributed by atoms with Crippen LogP contribution < -0.4 is 5.73 Å². The third-order valence-corrected chi connectivity index (χ3v) is 4.73. The number of anilines is 1. The molecular weight excluding hydrogens is 311 g/mol. The highest BCUT2D eigenvalue weighted by Gasteiger charge is 2.17. The van der Waals surface area contributed by atoms with Gasteiger partial charge in [0.05, 0.1) is 21.5 Å². The van der Waals surface area contributed by atoms with Crippen molar-refractivity contribution in [1.29, 1.82) is 0 Å². The lowest BCUT2D eigenvalue weighted by atomic mass is 10.1. The number of benzene rings is 2. The molecule has 0 unspecified atom stereocenters. The summed E-state index contributed by atoms with van der Waals surface area (Å²) in [5.41, 5.74) is 9.68. The Morgan fingerprint density at radius 3 is 2.65 bits per heavy atom. The highest BCUT2D eigenvalue weighted by molar-refractivity contribution is 7.21. The van der Waals surface area contributed by atoms with Crippen molar-refractivity contribution in [3.05, 3.63) is 65.6 Å². The maximum absolute atomic E-state index is 13.0. The van der Waals surface area contributed by atoms with Crippen LogP contribution >= 0.6 is 11.3 Å². The van der Waals surface area contributed by atoms with Crippen LogP contribution in [0.25, 0.3) is 20.8 Å². The van der Waals surface area contributed by atoms with Crippen molar-refractivity contribution in [1.82, 2.24) is 15.2 Å². The van der Waals surface area contributed by atoms with Crippen LogP contribution in [0.5, 0.6) is 0 Å². The summed E-state index contributed by atoms with van der Waals surface area (Å²) in [4.78, 5) is 4.65. The predicted octanol–water partition coefficient (Wildman–Crippen LogP) is 4.00. The smallest absolute Gasteiger partial charge is 0.155 e. The largest absolute Gasteiger partial charge is 0.382 e. The van der Waals surface area contributed by atoms with E-state index >= 15 is 0 Å². The molecule has 2 aromatic heterocycles. The van der Waals surface area contributed by atoms with Crippen LogP contribution in [0, 0.1) is 5.82 Å². The summed E-state index contributed by atoms with van der Waals surface area (Å²) in [6.45, 7) is 0. The Balaban J connectivity index is 1.76. The SMILES string of the molecule is Nc1n[nH]c(Cc2ccc(F)cc2)c1-c1nc2ccccc2s1. The highest BCUT2D eigenvalue weighted by atomic mass is 32.1. The summed E-state index contributed by atoms with van der Waals surface area (Å²) >= 11 is 1.59. The molecular formula is C17H13FN4S. The number of nitrogens with zero attached hydrogens (tertiary/aromatic N) is 2. The number of nitrogens with one attached hydrogen (secondary N) is 1. The number of aromatic amines is 1. The second-order valence-corrected chi connectivity index (χ2v) is 6.28. The molecule has 6 heteroatoms. The first-order valence-corrected chi connectivity index (χ1v) is 7.95. The van der Waals surface area contributed by atoms with Crippen LogP contribution in [0.1, 0.15) is 11.3 Å². The van der Waals surface area contributed by atoms with Gasteiger partial charge in [0.2, 0.25) is 0 Å². The maximum Gasteiger partial charge on any atom is 0.155 e. The van der Waals surface area contributed by atoms with Crippen LogP contribution in [0.3, 0.4) is 0 Å². The highest BCUT2D eigenvalue weighted by Crippen LogP contribution is 2.35. The molecule has 2 heterocycles. The fourth-order valence-electron chi connectivity index (χ4n) is 2.55. The number of nitrogens with two attached hydrogens (primary N) is 1. The Kier molecular flexibility index (Phi) is 3.31. The van der Waals surface area contributed by atoms with E-state index in [1.807, 2.05) is 24.3 Å². The van der Waals surface area contributed by atoms with E-state index < -0.39 is 0 Å². The minimum Gasteiger partial charge on any atom is -0.382 e. The third-order valence-electron chi connectivity index (χ3n) is 3.67. The number of halogens is 1. The number of rotatable bonds is 3. The molecule has 0 aliphatic heterocycles. The Morgan fingerprint density at radius 1 is 1.09 bits per heavy atom. The lowest BCUT2D eigenvalue weighted by Gasteiger charge is -2.02. The van der Waals surface area contributed by atoms with Crippen molar-refractivity contribution in [3.63, 3.8) is 0 Å². The summed E-state index contributed by atoms with van der Waals surface area (Å²) in [5.74, 6) is 0.186. The van der Waals surface area contributed by atoms with E-state index in [0.717, 1.165) is 32.0 Å². The molecule has 0 spiro atoms. The quantitative estimate of drug-likeness (QED) is 0.598. The number of hydrogen-bond acceptors (Lipinski definition) is 4. The van der Waals surface area contributed by atoms with Gasteiger partial charge in [0.15, 0.2) is 5.82 Å². The molecule has 0 fully saturated rings. The lowest BCUT2D eigenvalue weighted by molar-refractivity contribution is 0.627. The molecule has 114 valence electrons. The fraction of sp³-hybridized carbons (Fsp3) is 0.0588. The number of nitrogen functional groups attached to an aromatic ring is 1. The number of para-hydroxylation sites is 1. The van der Waals surface area contributed by atoms with Crippen LogP contribution in [0.4, 0.5) is 10.2 Å². The van der Waals surface area contributed by atoms with Crippen molar-refractivity contribution in [3.8, 4) is 10.6 Å². The molecule has 0 saturated heterocycles. The Bertz CT molecular complexity index is 939. The normalized spacial score (nSPS) is 11.2. The molecule has 23 heavy (non-hydrogen) atoms. The zero-order chi connectivity index (χ0) is 15.8. The lowest BCUT2D eigenvalue weighted by Crippen LogP contribution is -1.93. The average molecular weight is 324 g/mol. The van der Waals surface area contributed by atoms with Crippen molar-refractivity contribution >= 4 is 27.4 Å². The summed E-state index contributed by atoms with van der Waals surface area (Å²) in [7, 11) is 0. The second kappa shape index (κ2) is 5.48. The standard InChI is InChI=1S/C17H13FN4S/c18-11-7-5-10(6-8-11)9-13-15(16(19)22-21-13)17-20-12-3-1-2-4-14(12)23-17/h1-8H,9H2,(H3,19,21,22). The van der Waals surface area contributed by atoms with Gasteiger partial charge < -0.3 is 5.73 Å². The van der Waals surface area contributed by atoms with Crippen LogP contribution in [-0.2, 0) is 6.42 Å². The summed E-state index contributed by atoms with van der Waals surface area (Å²) < 4.78 is 14.2. The topological polar surface area (TPSA) is 67.6 Å².